The van der Waals surface area contributed by atoms with Gasteiger partial charge in [-0.2, -0.15) is 0 Å². The Morgan fingerprint density at radius 3 is 1.43 bits per heavy atom. The molecule has 53 heavy (non-hydrogen) atoms. The van der Waals surface area contributed by atoms with Crippen molar-refractivity contribution in [3.8, 4) is 22.3 Å². The molecule has 10 aromatic carbocycles. The molecule has 10 rings (SSSR count). The van der Waals surface area contributed by atoms with Crippen LogP contribution in [0.4, 0.5) is 25.8 Å². The van der Waals surface area contributed by atoms with Gasteiger partial charge in [0, 0.05) is 38.8 Å². The minimum absolute atomic E-state index is 0.236. The lowest BCUT2D eigenvalue weighted by Crippen LogP contribution is -2.11. The third-order valence-corrected chi connectivity index (χ3v) is 10.9. The predicted octanol–water partition coefficient (Wildman–Crippen LogP) is 14.6. The maximum Gasteiger partial charge on any atom is 0.131 e. The Morgan fingerprint density at radius 2 is 0.849 bits per heavy atom. The summed E-state index contributed by atoms with van der Waals surface area (Å²) in [5, 5.41) is 10.0. The number of anilines is 3. The average Bonchev–Trinajstić information content (AvgIpc) is 3.19. The summed E-state index contributed by atoms with van der Waals surface area (Å²) >= 11 is 0. The third-order valence-electron chi connectivity index (χ3n) is 10.9. The van der Waals surface area contributed by atoms with E-state index in [9.17, 15) is 0 Å². The number of nitrogens with zero attached hydrogens (tertiary/aromatic N) is 1. The first-order valence-electron chi connectivity index (χ1n) is 18.0. The number of rotatable bonds is 5. The van der Waals surface area contributed by atoms with Crippen molar-refractivity contribution in [1.82, 2.24) is 0 Å². The zero-order valence-corrected chi connectivity index (χ0v) is 29.3. The lowest BCUT2D eigenvalue weighted by molar-refractivity contribution is 0.606. The Hall–Kier alpha value is -6.58. The fourth-order valence-corrected chi connectivity index (χ4v) is 8.35. The van der Waals surface area contributed by atoms with E-state index in [2.05, 4.69) is 116 Å². The zero-order valence-electron chi connectivity index (χ0n) is 29.3. The minimum Gasteiger partial charge on any atom is -0.309 e. The molecule has 0 aliphatic carbocycles. The first-order valence-corrected chi connectivity index (χ1v) is 18.0. The molecular formula is C50H33F2N. The monoisotopic (exact) mass is 685 g/mol. The first-order chi connectivity index (χ1) is 25.9. The highest BCUT2D eigenvalue weighted by molar-refractivity contribution is 6.26. The molecule has 0 amide bonds. The van der Waals surface area contributed by atoms with Crippen LogP contribution in [0.5, 0.6) is 0 Å². The van der Waals surface area contributed by atoms with E-state index in [0.29, 0.717) is 11.1 Å². The molecule has 0 aromatic heterocycles. The van der Waals surface area contributed by atoms with Crippen molar-refractivity contribution in [3.05, 3.63) is 187 Å². The lowest BCUT2D eigenvalue weighted by Gasteiger charge is -2.29. The molecule has 0 unspecified atom stereocenters. The number of fused-ring (bicyclic) bond motifs is 2. The predicted molar refractivity (Wildman–Crippen MR) is 220 cm³/mol. The normalized spacial score (nSPS) is 11.8. The minimum atomic E-state index is -0.468. The summed E-state index contributed by atoms with van der Waals surface area (Å²) in [5.41, 5.74) is 7.19. The highest BCUT2D eigenvalue weighted by Crippen LogP contribution is 2.49. The molecule has 0 bridgehead atoms. The quantitative estimate of drug-likeness (QED) is 0.129. The second-order valence-corrected chi connectivity index (χ2v) is 14.1. The Kier molecular flexibility index (Phi) is 7.06. The van der Waals surface area contributed by atoms with Gasteiger partial charge in [-0.3, -0.25) is 0 Å². The maximum atomic E-state index is 16.9. The number of aryl methyl sites for hydroxylation is 2. The highest BCUT2D eigenvalue weighted by Gasteiger charge is 2.25. The Labute approximate surface area is 306 Å². The molecule has 0 saturated heterocycles. The smallest absolute Gasteiger partial charge is 0.131 e. The van der Waals surface area contributed by atoms with Crippen LogP contribution in [0, 0.1) is 25.5 Å². The van der Waals surface area contributed by atoms with Crippen LogP contribution >= 0.6 is 0 Å². The standard InChI is InChI=1S/C50H33F2N/c1-30-14-22-35(23-15-30)53(36-24-16-31(2)17-25-36)50-41-12-5-3-10-38(41)49(39-11-4-6-13-42(39)50)44-29-45(51)43(28-46(44)52)37-26-20-34-19-18-32-8-7-9-33-21-27-40(37)48(34)47(32)33/h3-29H,1-2H3. The van der Waals surface area contributed by atoms with Gasteiger partial charge >= 0.3 is 0 Å². The lowest BCUT2D eigenvalue weighted by atomic mass is 9.87. The number of hydrogen-bond donors (Lipinski definition) is 0. The molecule has 10 aromatic rings. The summed E-state index contributed by atoms with van der Waals surface area (Å²) in [6, 6.07) is 54.6. The molecule has 0 heterocycles. The van der Waals surface area contributed by atoms with Crippen LogP contribution in [-0.4, -0.2) is 0 Å². The largest absolute Gasteiger partial charge is 0.309 e. The van der Waals surface area contributed by atoms with Gasteiger partial charge in [0.25, 0.3) is 0 Å². The molecule has 0 aliphatic heterocycles. The maximum absolute atomic E-state index is 16.9. The van der Waals surface area contributed by atoms with Crippen LogP contribution in [-0.2, 0) is 0 Å². The molecule has 1 nitrogen and oxygen atoms in total. The molecule has 0 saturated carbocycles. The van der Waals surface area contributed by atoms with Gasteiger partial charge in [-0.15, -0.1) is 0 Å². The van der Waals surface area contributed by atoms with Crippen molar-refractivity contribution in [2.24, 2.45) is 0 Å². The van der Waals surface area contributed by atoms with Gasteiger partial charge in [0.05, 0.1) is 5.69 Å². The Balaban J connectivity index is 1.22. The fourth-order valence-electron chi connectivity index (χ4n) is 8.35. The Bertz CT molecular complexity index is 2920. The van der Waals surface area contributed by atoms with E-state index < -0.39 is 11.6 Å². The van der Waals surface area contributed by atoms with Crippen molar-refractivity contribution in [2.75, 3.05) is 4.90 Å². The van der Waals surface area contributed by atoms with Crippen molar-refractivity contribution in [2.45, 2.75) is 13.8 Å². The fraction of sp³-hybridized carbons (Fsp3) is 0.0400. The van der Waals surface area contributed by atoms with Crippen LogP contribution in [0.2, 0.25) is 0 Å². The molecule has 3 heteroatoms. The van der Waals surface area contributed by atoms with E-state index in [0.717, 1.165) is 70.9 Å². The van der Waals surface area contributed by atoms with E-state index in [1.165, 1.54) is 23.3 Å². The van der Waals surface area contributed by atoms with Crippen LogP contribution in [0.25, 0.3) is 76.1 Å². The molecule has 0 radical (unpaired) electrons. The van der Waals surface area contributed by atoms with Crippen LogP contribution < -0.4 is 4.90 Å². The molecule has 0 aliphatic rings. The van der Waals surface area contributed by atoms with Crippen molar-refractivity contribution in [3.63, 3.8) is 0 Å². The summed E-state index contributed by atoms with van der Waals surface area (Å²) < 4.78 is 33.7. The van der Waals surface area contributed by atoms with Gasteiger partial charge in [0.15, 0.2) is 0 Å². The van der Waals surface area contributed by atoms with Crippen molar-refractivity contribution in [1.29, 1.82) is 0 Å². The van der Waals surface area contributed by atoms with Gasteiger partial charge in [-0.05, 0) is 98.9 Å². The van der Waals surface area contributed by atoms with Crippen LogP contribution in [0.15, 0.2) is 164 Å². The zero-order chi connectivity index (χ0) is 35.8. The summed E-state index contributed by atoms with van der Waals surface area (Å²) in [6.07, 6.45) is 0. The molecule has 0 fully saturated rings. The summed E-state index contributed by atoms with van der Waals surface area (Å²) in [6.45, 7) is 4.17. The third kappa shape index (κ3) is 4.88. The Morgan fingerprint density at radius 1 is 0.377 bits per heavy atom. The molecule has 0 N–H and O–H groups in total. The van der Waals surface area contributed by atoms with Gasteiger partial charge < -0.3 is 4.90 Å². The highest BCUT2D eigenvalue weighted by atomic mass is 19.1. The number of hydrogen-bond acceptors (Lipinski definition) is 1. The van der Waals surface area contributed by atoms with Crippen LogP contribution in [0.1, 0.15) is 11.1 Å². The van der Waals surface area contributed by atoms with Crippen molar-refractivity contribution >= 4 is 70.9 Å². The van der Waals surface area contributed by atoms with Crippen molar-refractivity contribution < 1.29 is 8.78 Å². The first kappa shape index (κ1) is 31.2. The van der Waals surface area contributed by atoms with E-state index in [4.69, 9.17) is 0 Å². The molecule has 0 atom stereocenters. The van der Waals surface area contributed by atoms with E-state index in [1.807, 2.05) is 54.6 Å². The molecule has 252 valence electrons. The second-order valence-electron chi connectivity index (χ2n) is 14.1. The van der Waals surface area contributed by atoms with E-state index in [1.54, 1.807) is 0 Å². The average molecular weight is 686 g/mol. The summed E-state index contributed by atoms with van der Waals surface area (Å²) in [4.78, 5) is 2.28. The SMILES string of the molecule is Cc1ccc(N(c2ccc(C)cc2)c2c3ccccc3c(-c3cc(F)c(-c4ccc5ccc6cccc7ccc4c5c67)cc3F)c3ccccc23)cc1. The van der Waals surface area contributed by atoms with Gasteiger partial charge in [-0.1, -0.05) is 139 Å². The van der Waals surface area contributed by atoms with Gasteiger partial charge in [0.1, 0.15) is 11.6 Å². The number of benzene rings is 10. The van der Waals surface area contributed by atoms with Gasteiger partial charge in [0.2, 0.25) is 0 Å². The van der Waals surface area contributed by atoms with E-state index >= 15 is 8.78 Å². The van der Waals surface area contributed by atoms with Crippen LogP contribution in [0.3, 0.4) is 0 Å². The summed E-state index contributed by atoms with van der Waals surface area (Å²) in [7, 11) is 0. The number of halogens is 2. The molecular weight excluding hydrogens is 653 g/mol. The topological polar surface area (TPSA) is 3.24 Å². The molecule has 0 spiro atoms. The summed E-state index contributed by atoms with van der Waals surface area (Å²) in [5.74, 6) is -0.932. The second kappa shape index (κ2) is 12.0. The van der Waals surface area contributed by atoms with Gasteiger partial charge in [-0.25, -0.2) is 8.78 Å². The van der Waals surface area contributed by atoms with E-state index in [-0.39, 0.29) is 11.1 Å².